The molecule has 6 rings (SSSR count). The lowest BCUT2D eigenvalue weighted by molar-refractivity contribution is 0.119. The quantitative estimate of drug-likeness (QED) is 0.390. The van der Waals surface area contributed by atoms with Crippen molar-refractivity contribution < 1.29 is 19.0 Å². The maximum Gasteiger partial charge on any atom is 0.159 e. The molecule has 3 heterocycles. The van der Waals surface area contributed by atoms with E-state index in [0.717, 1.165) is 39.2 Å². The standard InChI is InChI=1S/C26H18ClFN2O3/c27-16-4-8-23-19(10-16)26-20(12-32-23)18(14-1-5-17(28)6-2-14)11-21(30-26)15-3-7-24-22(9-15)29-25(31)13-33-24/h1-11,25,29,31H,12-13H2. The van der Waals surface area contributed by atoms with E-state index in [9.17, 15) is 9.50 Å². The molecular formula is C26H18ClFN2O3. The van der Waals surface area contributed by atoms with Crippen molar-refractivity contribution in [1.82, 2.24) is 4.98 Å². The second-order valence-electron chi connectivity index (χ2n) is 8.00. The van der Waals surface area contributed by atoms with E-state index in [-0.39, 0.29) is 12.4 Å². The first-order valence-electron chi connectivity index (χ1n) is 10.5. The summed E-state index contributed by atoms with van der Waals surface area (Å²) in [5.74, 6) is 1.09. The molecule has 1 unspecified atom stereocenters. The van der Waals surface area contributed by atoms with Gasteiger partial charge in [-0.05, 0) is 65.7 Å². The van der Waals surface area contributed by atoms with Crippen LogP contribution < -0.4 is 14.8 Å². The summed E-state index contributed by atoms with van der Waals surface area (Å²) >= 11 is 6.30. The first kappa shape index (κ1) is 20.0. The number of benzene rings is 3. The van der Waals surface area contributed by atoms with Crippen LogP contribution in [-0.4, -0.2) is 22.9 Å². The number of aliphatic hydroxyl groups is 1. The number of rotatable bonds is 2. The maximum absolute atomic E-state index is 13.6. The summed E-state index contributed by atoms with van der Waals surface area (Å²) < 4.78 is 25.2. The van der Waals surface area contributed by atoms with Crippen molar-refractivity contribution in [3.8, 4) is 45.1 Å². The van der Waals surface area contributed by atoms with E-state index < -0.39 is 6.23 Å². The number of aromatic nitrogens is 1. The first-order chi connectivity index (χ1) is 16.0. The topological polar surface area (TPSA) is 63.6 Å². The molecule has 0 aliphatic carbocycles. The lowest BCUT2D eigenvalue weighted by atomic mass is 9.92. The molecule has 2 aliphatic rings. The molecule has 164 valence electrons. The largest absolute Gasteiger partial charge is 0.488 e. The van der Waals surface area contributed by atoms with Crippen molar-refractivity contribution in [3.05, 3.63) is 83.1 Å². The second kappa shape index (κ2) is 7.76. The van der Waals surface area contributed by atoms with Crippen LogP contribution in [-0.2, 0) is 6.61 Å². The Morgan fingerprint density at radius 1 is 0.909 bits per heavy atom. The number of aliphatic hydroxyl groups excluding tert-OH is 1. The van der Waals surface area contributed by atoms with E-state index in [4.69, 9.17) is 26.1 Å². The SMILES string of the molecule is OC1COc2ccc(-c3cc(-c4ccc(F)cc4)c4c(n3)-c3cc(Cl)ccc3OC4)cc2N1. The third-order valence-electron chi connectivity index (χ3n) is 5.84. The predicted octanol–water partition coefficient (Wildman–Crippen LogP) is 5.89. The van der Waals surface area contributed by atoms with Gasteiger partial charge < -0.3 is 19.9 Å². The molecule has 0 amide bonds. The van der Waals surface area contributed by atoms with Gasteiger partial charge in [-0.2, -0.15) is 0 Å². The Bertz CT molecular complexity index is 1390. The van der Waals surface area contributed by atoms with Gasteiger partial charge in [0.15, 0.2) is 6.23 Å². The number of fused-ring (bicyclic) bond motifs is 4. The number of ether oxygens (including phenoxy) is 2. The number of nitrogens with zero attached hydrogens (tertiary/aromatic N) is 1. The normalized spacial score (nSPS) is 15.9. The van der Waals surface area contributed by atoms with Gasteiger partial charge in [-0.1, -0.05) is 23.7 Å². The van der Waals surface area contributed by atoms with Gasteiger partial charge in [-0.25, -0.2) is 9.37 Å². The Kier molecular flexibility index (Phi) is 4.71. The van der Waals surface area contributed by atoms with Crippen LogP contribution in [0.5, 0.6) is 11.5 Å². The highest BCUT2D eigenvalue weighted by atomic mass is 35.5. The van der Waals surface area contributed by atoms with Crippen molar-refractivity contribution in [2.24, 2.45) is 0 Å². The minimum atomic E-state index is -0.773. The molecule has 2 aliphatic heterocycles. The van der Waals surface area contributed by atoms with Crippen LogP contribution in [0.1, 0.15) is 5.56 Å². The Morgan fingerprint density at radius 2 is 1.70 bits per heavy atom. The first-order valence-corrected chi connectivity index (χ1v) is 10.9. The summed E-state index contributed by atoms with van der Waals surface area (Å²) in [5, 5.41) is 13.5. The molecule has 1 atom stereocenters. The molecular weight excluding hydrogens is 443 g/mol. The van der Waals surface area contributed by atoms with Crippen molar-refractivity contribution in [2.45, 2.75) is 12.8 Å². The molecule has 33 heavy (non-hydrogen) atoms. The van der Waals surface area contributed by atoms with Gasteiger partial charge in [0.05, 0.1) is 17.1 Å². The number of hydrogen-bond donors (Lipinski definition) is 2. The van der Waals surface area contributed by atoms with Crippen LogP contribution in [0.4, 0.5) is 10.1 Å². The van der Waals surface area contributed by atoms with Crippen molar-refractivity contribution in [2.75, 3.05) is 11.9 Å². The Balaban J connectivity index is 1.57. The number of pyridine rings is 1. The summed E-state index contributed by atoms with van der Waals surface area (Å²) in [4.78, 5) is 4.99. The highest BCUT2D eigenvalue weighted by Crippen LogP contribution is 2.43. The zero-order valence-corrected chi connectivity index (χ0v) is 18.1. The predicted molar refractivity (Wildman–Crippen MR) is 125 cm³/mol. The van der Waals surface area contributed by atoms with Gasteiger partial charge in [0, 0.05) is 21.7 Å². The van der Waals surface area contributed by atoms with Gasteiger partial charge >= 0.3 is 0 Å². The number of nitrogens with one attached hydrogen (secondary N) is 1. The van der Waals surface area contributed by atoms with Crippen molar-refractivity contribution >= 4 is 17.3 Å². The Morgan fingerprint density at radius 3 is 2.55 bits per heavy atom. The van der Waals surface area contributed by atoms with Gasteiger partial charge in [-0.15, -0.1) is 0 Å². The summed E-state index contributed by atoms with van der Waals surface area (Å²) in [5.41, 5.74) is 6.53. The molecule has 3 aromatic carbocycles. The van der Waals surface area contributed by atoms with Crippen molar-refractivity contribution in [3.63, 3.8) is 0 Å². The van der Waals surface area contributed by atoms with Crippen LogP contribution in [0, 0.1) is 5.82 Å². The molecule has 0 radical (unpaired) electrons. The number of halogens is 2. The van der Waals surface area contributed by atoms with E-state index in [0.29, 0.717) is 28.8 Å². The van der Waals surface area contributed by atoms with Crippen LogP contribution in [0.2, 0.25) is 5.02 Å². The Labute approximate surface area is 194 Å². The fraction of sp³-hybridized carbons (Fsp3) is 0.115. The number of hydrogen-bond acceptors (Lipinski definition) is 5. The lowest BCUT2D eigenvalue weighted by Gasteiger charge is -2.25. The smallest absolute Gasteiger partial charge is 0.159 e. The molecule has 0 spiro atoms. The zero-order chi connectivity index (χ0) is 22.5. The third kappa shape index (κ3) is 3.57. The van der Waals surface area contributed by atoms with Crippen LogP contribution in [0.25, 0.3) is 33.6 Å². The van der Waals surface area contributed by atoms with E-state index in [1.165, 1.54) is 12.1 Å². The maximum atomic E-state index is 13.6. The summed E-state index contributed by atoms with van der Waals surface area (Å²) in [7, 11) is 0. The second-order valence-corrected chi connectivity index (χ2v) is 8.44. The van der Waals surface area contributed by atoms with E-state index >= 15 is 0 Å². The minimum absolute atomic E-state index is 0.190. The highest BCUT2D eigenvalue weighted by molar-refractivity contribution is 6.31. The minimum Gasteiger partial charge on any atom is -0.488 e. The molecule has 4 aromatic rings. The molecule has 7 heteroatoms. The monoisotopic (exact) mass is 460 g/mol. The molecule has 0 saturated carbocycles. The average Bonchev–Trinajstić information content (AvgIpc) is 2.83. The van der Waals surface area contributed by atoms with Crippen LogP contribution >= 0.6 is 11.6 Å². The van der Waals surface area contributed by atoms with Crippen molar-refractivity contribution in [1.29, 1.82) is 0 Å². The lowest BCUT2D eigenvalue weighted by Crippen LogP contribution is -2.30. The molecule has 0 saturated heterocycles. The van der Waals surface area contributed by atoms with Crippen LogP contribution in [0.3, 0.4) is 0 Å². The fourth-order valence-electron chi connectivity index (χ4n) is 4.26. The summed E-state index contributed by atoms with van der Waals surface area (Å²) in [6, 6.07) is 19.5. The molecule has 5 nitrogen and oxygen atoms in total. The van der Waals surface area contributed by atoms with E-state index in [1.54, 1.807) is 18.2 Å². The van der Waals surface area contributed by atoms with Gasteiger partial charge in [0.2, 0.25) is 0 Å². The van der Waals surface area contributed by atoms with Crippen LogP contribution in [0.15, 0.2) is 66.7 Å². The fourth-order valence-corrected chi connectivity index (χ4v) is 4.43. The highest BCUT2D eigenvalue weighted by Gasteiger charge is 2.25. The number of anilines is 1. The summed E-state index contributed by atoms with van der Waals surface area (Å²) in [6.45, 7) is 0.533. The molecule has 2 N–H and O–H groups in total. The summed E-state index contributed by atoms with van der Waals surface area (Å²) in [6.07, 6.45) is -0.773. The molecule has 1 aromatic heterocycles. The van der Waals surface area contributed by atoms with Gasteiger partial charge in [0.1, 0.15) is 30.5 Å². The molecule has 0 bridgehead atoms. The zero-order valence-electron chi connectivity index (χ0n) is 17.3. The van der Waals surface area contributed by atoms with Gasteiger partial charge in [0.25, 0.3) is 0 Å². The third-order valence-corrected chi connectivity index (χ3v) is 6.08. The molecule has 0 fully saturated rings. The Hall–Kier alpha value is -3.61. The average molecular weight is 461 g/mol. The van der Waals surface area contributed by atoms with Gasteiger partial charge in [-0.3, -0.25) is 0 Å². The van der Waals surface area contributed by atoms with E-state index in [1.807, 2.05) is 36.4 Å². The van der Waals surface area contributed by atoms with E-state index in [2.05, 4.69) is 5.32 Å².